The lowest BCUT2D eigenvalue weighted by Crippen LogP contribution is -2.22. The van der Waals surface area contributed by atoms with Crippen molar-refractivity contribution in [1.29, 1.82) is 0 Å². The van der Waals surface area contributed by atoms with Gasteiger partial charge in [-0.3, -0.25) is 0 Å². The topological polar surface area (TPSA) is 0 Å². The van der Waals surface area contributed by atoms with E-state index >= 15 is 0 Å². The van der Waals surface area contributed by atoms with Crippen molar-refractivity contribution in [2.75, 3.05) is 0 Å². The normalized spacial score (nSPS) is 23.7. The van der Waals surface area contributed by atoms with E-state index in [-0.39, 0.29) is 0 Å². The van der Waals surface area contributed by atoms with Gasteiger partial charge in [-0.25, -0.2) is 0 Å². The maximum absolute atomic E-state index is 2.46. The van der Waals surface area contributed by atoms with Crippen molar-refractivity contribution in [1.82, 2.24) is 0 Å². The molecule has 176 valence electrons. The molecule has 2 fully saturated rings. The van der Waals surface area contributed by atoms with Crippen LogP contribution in [0.15, 0.2) is 24.3 Å². The molecular formula is C31H52. The third kappa shape index (κ3) is 8.94. The van der Waals surface area contributed by atoms with Crippen LogP contribution in [0, 0.1) is 23.7 Å². The molecule has 1 aromatic carbocycles. The summed E-state index contributed by atoms with van der Waals surface area (Å²) >= 11 is 0. The molecule has 2 aliphatic carbocycles. The van der Waals surface area contributed by atoms with Crippen LogP contribution in [0.5, 0.6) is 0 Å². The zero-order chi connectivity index (χ0) is 21.7. The van der Waals surface area contributed by atoms with Crippen molar-refractivity contribution in [2.45, 2.75) is 136 Å². The Hall–Kier alpha value is -0.780. The molecule has 2 saturated carbocycles. The molecule has 0 spiro atoms. The van der Waals surface area contributed by atoms with Gasteiger partial charge in [-0.15, -0.1) is 0 Å². The van der Waals surface area contributed by atoms with E-state index in [0.29, 0.717) is 0 Å². The largest absolute Gasteiger partial charge is 0.0654 e. The summed E-state index contributed by atoms with van der Waals surface area (Å²) in [6.07, 6.45) is 27.6. The van der Waals surface area contributed by atoms with Gasteiger partial charge in [0.25, 0.3) is 0 Å². The van der Waals surface area contributed by atoms with Crippen molar-refractivity contribution >= 4 is 0 Å². The fourth-order valence-electron chi connectivity index (χ4n) is 6.58. The van der Waals surface area contributed by atoms with Gasteiger partial charge in [-0.1, -0.05) is 134 Å². The van der Waals surface area contributed by atoms with Crippen LogP contribution in [0.2, 0.25) is 0 Å². The first kappa shape index (κ1) is 24.9. The summed E-state index contributed by atoms with van der Waals surface area (Å²) in [5.41, 5.74) is 3.14. The summed E-state index contributed by atoms with van der Waals surface area (Å²) in [5.74, 6) is 4.02. The maximum atomic E-state index is 2.46. The van der Waals surface area contributed by atoms with E-state index in [1.165, 1.54) is 128 Å². The van der Waals surface area contributed by atoms with Crippen LogP contribution in [0.4, 0.5) is 0 Å². The van der Waals surface area contributed by atoms with Crippen LogP contribution < -0.4 is 0 Å². The average Bonchev–Trinajstić information content (AvgIpc) is 2.83. The third-order valence-electron chi connectivity index (χ3n) is 8.78. The Morgan fingerprint density at radius 2 is 1.29 bits per heavy atom. The standard InChI is InChI=1S/C31H52/c1-3-5-8-12-27-15-17-28(18-16-27)23-24-31(30-13-9-7-10-14-30)25-29-21-19-26(20-22-29)11-6-4-2/h19-22,27-28,30-31H,3-18,23-25H2,1-2H3. The number of hydrogen-bond donors (Lipinski definition) is 0. The summed E-state index contributed by atoms with van der Waals surface area (Å²) in [4.78, 5) is 0. The first-order chi connectivity index (χ1) is 15.3. The molecule has 1 atom stereocenters. The minimum Gasteiger partial charge on any atom is -0.0654 e. The Kier molecular flexibility index (Phi) is 11.5. The Morgan fingerprint density at radius 1 is 0.677 bits per heavy atom. The lowest BCUT2D eigenvalue weighted by atomic mass is 9.72. The van der Waals surface area contributed by atoms with E-state index < -0.39 is 0 Å². The fourth-order valence-corrected chi connectivity index (χ4v) is 6.58. The van der Waals surface area contributed by atoms with E-state index in [0.717, 1.165) is 23.7 Å². The van der Waals surface area contributed by atoms with Gasteiger partial charge in [0.2, 0.25) is 0 Å². The Labute approximate surface area is 195 Å². The van der Waals surface area contributed by atoms with E-state index in [4.69, 9.17) is 0 Å². The lowest BCUT2D eigenvalue weighted by molar-refractivity contribution is 0.196. The Morgan fingerprint density at radius 3 is 1.94 bits per heavy atom. The quantitative estimate of drug-likeness (QED) is 0.276. The molecule has 0 bridgehead atoms. The Balaban J connectivity index is 1.48. The van der Waals surface area contributed by atoms with Gasteiger partial charge in [-0.2, -0.15) is 0 Å². The van der Waals surface area contributed by atoms with Gasteiger partial charge in [-0.05, 0) is 60.5 Å². The summed E-state index contributed by atoms with van der Waals surface area (Å²) in [5, 5.41) is 0. The highest BCUT2D eigenvalue weighted by Crippen LogP contribution is 2.39. The molecule has 1 unspecified atom stereocenters. The van der Waals surface area contributed by atoms with Crippen LogP contribution in [-0.4, -0.2) is 0 Å². The molecular weight excluding hydrogens is 372 g/mol. The van der Waals surface area contributed by atoms with Crippen molar-refractivity contribution in [3.63, 3.8) is 0 Å². The smallest absolute Gasteiger partial charge is 0.0248 e. The number of aryl methyl sites for hydroxylation is 1. The minimum atomic E-state index is 0.934. The second-order valence-corrected chi connectivity index (χ2v) is 11.2. The summed E-state index contributed by atoms with van der Waals surface area (Å²) < 4.78 is 0. The van der Waals surface area contributed by atoms with Crippen LogP contribution in [-0.2, 0) is 12.8 Å². The van der Waals surface area contributed by atoms with Crippen molar-refractivity contribution in [3.8, 4) is 0 Å². The SMILES string of the molecule is CCCCCC1CCC(CCC(Cc2ccc(CCCC)cc2)C2CCCCC2)CC1. The molecule has 0 radical (unpaired) electrons. The van der Waals surface area contributed by atoms with Gasteiger partial charge >= 0.3 is 0 Å². The molecule has 0 amide bonds. The number of unbranched alkanes of at least 4 members (excludes halogenated alkanes) is 3. The van der Waals surface area contributed by atoms with Crippen LogP contribution in [0.25, 0.3) is 0 Å². The van der Waals surface area contributed by atoms with Gasteiger partial charge in [0.05, 0.1) is 0 Å². The molecule has 0 N–H and O–H groups in total. The molecule has 3 rings (SSSR count). The highest BCUT2D eigenvalue weighted by Gasteiger charge is 2.26. The summed E-state index contributed by atoms with van der Waals surface area (Å²) in [7, 11) is 0. The fraction of sp³-hybridized carbons (Fsp3) is 0.806. The maximum Gasteiger partial charge on any atom is -0.0248 e. The third-order valence-corrected chi connectivity index (χ3v) is 8.78. The minimum absolute atomic E-state index is 0.934. The van der Waals surface area contributed by atoms with E-state index in [1.807, 2.05) is 0 Å². The molecule has 0 nitrogen and oxygen atoms in total. The Bertz CT molecular complexity index is 556. The lowest BCUT2D eigenvalue weighted by Gasteiger charge is -2.33. The predicted molar refractivity (Wildman–Crippen MR) is 138 cm³/mol. The number of benzene rings is 1. The first-order valence-electron chi connectivity index (χ1n) is 14.4. The van der Waals surface area contributed by atoms with Gasteiger partial charge in [0.1, 0.15) is 0 Å². The second kappa shape index (κ2) is 14.4. The number of rotatable bonds is 13. The zero-order valence-corrected chi connectivity index (χ0v) is 21.1. The molecule has 1 aromatic rings. The highest BCUT2D eigenvalue weighted by molar-refractivity contribution is 5.23. The molecule has 0 aromatic heterocycles. The van der Waals surface area contributed by atoms with Crippen LogP contribution in [0.1, 0.15) is 134 Å². The molecule has 0 aliphatic heterocycles. The van der Waals surface area contributed by atoms with Crippen molar-refractivity contribution < 1.29 is 0 Å². The molecule has 31 heavy (non-hydrogen) atoms. The average molecular weight is 425 g/mol. The second-order valence-electron chi connectivity index (χ2n) is 11.2. The van der Waals surface area contributed by atoms with Crippen LogP contribution in [0.3, 0.4) is 0 Å². The highest BCUT2D eigenvalue weighted by atomic mass is 14.3. The molecule has 0 heterocycles. The van der Waals surface area contributed by atoms with Crippen molar-refractivity contribution in [2.24, 2.45) is 23.7 Å². The zero-order valence-electron chi connectivity index (χ0n) is 21.1. The van der Waals surface area contributed by atoms with Gasteiger partial charge < -0.3 is 0 Å². The molecule has 0 heteroatoms. The summed E-state index contributed by atoms with van der Waals surface area (Å²) in [6.45, 7) is 4.63. The van der Waals surface area contributed by atoms with Gasteiger partial charge in [0, 0.05) is 0 Å². The summed E-state index contributed by atoms with van der Waals surface area (Å²) in [6, 6.07) is 9.76. The van der Waals surface area contributed by atoms with E-state index in [9.17, 15) is 0 Å². The predicted octanol–water partition coefficient (Wildman–Crippen LogP) is 9.94. The molecule has 2 aliphatic rings. The monoisotopic (exact) mass is 424 g/mol. The van der Waals surface area contributed by atoms with E-state index in [2.05, 4.69) is 38.1 Å². The van der Waals surface area contributed by atoms with Crippen LogP contribution >= 0.6 is 0 Å². The number of hydrogen-bond acceptors (Lipinski definition) is 0. The molecule has 0 saturated heterocycles. The van der Waals surface area contributed by atoms with E-state index in [1.54, 1.807) is 5.56 Å². The van der Waals surface area contributed by atoms with Crippen molar-refractivity contribution in [3.05, 3.63) is 35.4 Å². The first-order valence-corrected chi connectivity index (χ1v) is 14.4. The van der Waals surface area contributed by atoms with Gasteiger partial charge in [0.15, 0.2) is 0 Å².